The minimum Gasteiger partial charge on any atom is -0.462 e. The van der Waals surface area contributed by atoms with Gasteiger partial charge < -0.3 is 20.1 Å². The van der Waals surface area contributed by atoms with Crippen LogP contribution in [0.1, 0.15) is 322 Å². The molecule has 0 amide bonds. The molecule has 0 bridgehead atoms. The van der Waals surface area contributed by atoms with Crippen LogP contribution < -0.4 is 5.73 Å². The highest BCUT2D eigenvalue weighted by Gasteiger charge is 2.26. The van der Waals surface area contributed by atoms with E-state index in [1.165, 1.54) is 257 Å². The number of rotatable bonds is 57. The molecule has 0 saturated carbocycles. The molecule has 3 N–H and O–H groups in total. The molecule has 67 heavy (non-hydrogen) atoms. The van der Waals surface area contributed by atoms with Gasteiger partial charge in [-0.2, -0.15) is 0 Å². The van der Waals surface area contributed by atoms with E-state index in [0.29, 0.717) is 12.8 Å². The Kier molecular flexibility index (Phi) is 53.5. The van der Waals surface area contributed by atoms with Gasteiger partial charge >= 0.3 is 19.8 Å². The van der Waals surface area contributed by atoms with Crippen molar-refractivity contribution >= 4 is 19.8 Å². The highest BCUT2D eigenvalue weighted by atomic mass is 31.2. The summed E-state index contributed by atoms with van der Waals surface area (Å²) in [5, 5.41) is 0. The molecular weight excluding hydrogens is 858 g/mol. The van der Waals surface area contributed by atoms with Crippen molar-refractivity contribution in [2.24, 2.45) is 5.73 Å². The fourth-order valence-electron chi connectivity index (χ4n) is 9.11. The molecule has 0 rings (SSSR count). The van der Waals surface area contributed by atoms with Gasteiger partial charge in [0.1, 0.15) is 6.61 Å². The molecule has 0 aromatic carbocycles. The van der Waals surface area contributed by atoms with Gasteiger partial charge in [0.2, 0.25) is 0 Å². The van der Waals surface area contributed by atoms with Gasteiger partial charge in [0.25, 0.3) is 0 Å². The number of hydrogen-bond acceptors (Lipinski definition) is 8. The summed E-state index contributed by atoms with van der Waals surface area (Å²) in [6.45, 7) is 3.83. The Balaban J connectivity index is 3.90. The van der Waals surface area contributed by atoms with Gasteiger partial charge in [-0.05, 0) is 12.8 Å². The van der Waals surface area contributed by atoms with Crippen LogP contribution in [0.2, 0.25) is 0 Å². The minimum absolute atomic E-state index is 0.0586. The molecule has 400 valence electrons. The molecule has 1 unspecified atom stereocenters. The highest BCUT2D eigenvalue weighted by Crippen LogP contribution is 2.43. The van der Waals surface area contributed by atoms with Crippen LogP contribution in [0.4, 0.5) is 0 Å². The summed E-state index contributed by atoms with van der Waals surface area (Å²) in [6, 6.07) is 0. The van der Waals surface area contributed by atoms with Crippen molar-refractivity contribution in [1.82, 2.24) is 0 Å². The van der Waals surface area contributed by atoms with Gasteiger partial charge in [-0.1, -0.05) is 296 Å². The third-order valence-electron chi connectivity index (χ3n) is 13.5. The zero-order valence-electron chi connectivity index (χ0n) is 44.7. The zero-order chi connectivity index (χ0) is 48.8. The van der Waals surface area contributed by atoms with E-state index >= 15 is 0 Å². The molecule has 0 fully saturated rings. The van der Waals surface area contributed by atoms with E-state index in [9.17, 15) is 19.0 Å². The van der Waals surface area contributed by atoms with Crippen molar-refractivity contribution in [3.63, 3.8) is 0 Å². The van der Waals surface area contributed by atoms with Crippen molar-refractivity contribution < 1.29 is 37.6 Å². The average Bonchev–Trinajstić information content (AvgIpc) is 3.32. The van der Waals surface area contributed by atoms with Gasteiger partial charge in [0.05, 0.1) is 13.2 Å². The minimum atomic E-state index is -4.38. The molecule has 9 nitrogen and oxygen atoms in total. The maximum atomic E-state index is 12.7. The summed E-state index contributed by atoms with van der Waals surface area (Å²) >= 11 is 0. The number of phosphoric acid groups is 1. The second-order valence-electron chi connectivity index (χ2n) is 20.2. The van der Waals surface area contributed by atoms with Crippen LogP contribution in [0, 0.1) is 0 Å². The maximum absolute atomic E-state index is 12.7. The van der Waals surface area contributed by atoms with E-state index in [4.69, 9.17) is 24.3 Å². The fraction of sp³-hybridized carbons (Fsp3) is 0.965. The standard InChI is InChI=1S/C57H114NO8P/c1-3-5-7-9-11-13-15-17-19-21-23-25-27-29-31-33-35-37-39-41-43-45-47-49-56(59)63-53-55(54-65-67(61,62)64-52-51-58)66-57(60)50-48-46-44-42-40-38-36-34-32-30-28-26-24-22-20-18-16-14-12-10-8-6-4-2/h55H,3-54,58H2,1-2H3,(H,61,62)/t55-/m1/s1. The Morgan fingerprint density at radius 1 is 0.388 bits per heavy atom. The maximum Gasteiger partial charge on any atom is 0.472 e. The van der Waals surface area contributed by atoms with Crippen LogP contribution in [-0.2, 0) is 32.7 Å². The molecule has 0 radical (unpaired) electrons. The number of carbonyl (C=O) groups is 2. The predicted molar refractivity (Wildman–Crippen MR) is 285 cm³/mol. The van der Waals surface area contributed by atoms with E-state index in [-0.39, 0.29) is 32.1 Å². The molecule has 0 aliphatic carbocycles. The molecule has 10 heteroatoms. The number of carbonyl (C=O) groups excluding carboxylic acids is 2. The first-order valence-electron chi connectivity index (χ1n) is 29.5. The third kappa shape index (κ3) is 54.2. The molecule has 0 saturated heterocycles. The van der Waals surface area contributed by atoms with Crippen molar-refractivity contribution in [2.75, 3.05) is 26.4 Å². The number of unbranched alkanes of at least 4 members (excludes halogenated alkanes) is 44. The van der Waals surface area contributed by atoms with Crippen molar-refractivity contribution in [3.8, 4) is 0 Å². The molecule has 0 aliphatic heterocycles. The van der Waals surface area contributed by atoms with Crippen LogP contribution >= 0.6 is 7.82 Å². The second kappa shape index (κ2) is 54.3. The largest absolute Gasteiger partial charge is 0.472 e. The smallest absolute Gasteiger partial charge is 0.462 e. The summed E-state index contributed by atoms with van der Waals surface area (Å²) in [4.78, 5) is 35.2. The van der Waals surface area contributed by atoms with Crippen LogP contribution in [0.3, 0.4) is 0 Å². The molecule has 0 heterocycles. The van der Waals surface area contributed by atoms with E-state index in [1.54, 1.807) is 0 Å². The molecule has 0 spiro atoms. The number of nitrogens with two attached hydrogens (primary N) is 1. The van der Waals surface area contributed by atoms with E-state index in [0.717, 1.165) is 32.1 Å². The topological polar surface area (TPSA) is 134 Å². The van der Waals surface area contributed by atoms with Gasteiger partial charge in [0.15, 0.2) is 6.10 Å². The SMILES string of the molecule is CCCCCCCCCCCCCCCCCCCCCCCCCC(=O)OC[C@H](COP(=O)(O)OCCN)OC(=O)CCCCCCCCCCCCCCCCCCCCCCCCC. The normalized spacial score (nSPS) is 13.0. The third-order valence-corrected chi connectivity index (χ3v) is 14.5. The van der Waals surface area contributed by atoms with E-state index in [2.05, 4.69) is 13.8 Å². The van der Waals surface area contributed by atoms with E-state index < -0.39 is 26.5 Å². The predicted octanol–water partition coefficient (Wildman–Crippen LogP) is 18.3. The Hall–Kier alpha value is -0.990. The Morgan fingerprint density at radius 2 is 0.642 bits per heavy atom. The molecule has 2 atom stereocenters. The first-order chi connectivity index (χ1) is 32.8. The molecule has 0 aliphatic rings. The molecule has 0 aromatic rings. The van der Waals surface area contributed by atoms with Crippen LogP contribution in [0.25, 0.3) is 0 Å². The summed E-state index contributed by atoms with van der Waals surface area (Å²) in [6.07, 6.45) is 60.2. The van der Waals surface area contributed by atoms with Crippen LogP contribution in [0.15, 0.2) is 0 Å². The van der Waals surface area contributed by atoms with Gasteiger partial charge in [-0.3, -0.25) is 18.6 Å². The summed E-state index contributed by atoms with van der Waals surface area (Å²) in [5.74, 6) is -0.801. The first-order valence-corrected chi connectivity index (χ1v) is 31.0. The highest BCUT2D eigenvalue weighted by molar-refractivity contribution is 7.47. The second-order valence-corrected chi connectivity index (χ2v) is 21.7. The molecule has 0 aromatic heterocycles. The quantitative estimate of drug-likeness (QED) is 0.0347. The lowest BCUT2D eigenvalue weighted by Gasteiger charge is -2.19. The number of esters is 2. The fourth-order valence-corrected chi connectivity index (χ4v) is 9.88. The Morgan fingerprint density at radius 3 is 0.910 bits per heavy atom. The van der Waals surface area contributed by atoms with Gasteiger partial charge in [-0.15, -0.1) is 0 Å². The average molecular weight is 973 g/mol. The van der Waals surface area contributed by atoms with Crippen LogP contribution in [0.5, 0.6) is 0 Å². The summed E-state index contributed by atoms with van der Waals surface area (Å²) in [7, 11) is -4.38. The molecular formula is C57H114NO8P. The van der Waals surface area contributed by atoms with Gasteiger partial charge in [0, 0.05) is 19.4 Å². The van der Waals surface area contributed by atoms with Crippen molar-refractivity contribution in [3.05, 3.63) is 0 Å². The number of hydrogen-bond donors (Lipinski definition) is 2. The lowest BCUT2D eigenvalue weighted by Crippen LogP contribution is -2.29. The summed E-state index contributed by atoms with van der Waals surface area (Å²) in [5.41, 5.74) is 5.38. The Bertz CT molecular complexity index is 1060. The van der Waals surface area contributed by atoms with E-state index in [1.807, 2.05) is 0 Å². The first kappa shape index (κ1) is 66.0. The van der Waals surface area contributed by atoms with Crippen LogP contribution in [-0.4, -0.2) is 49.3 Å². The summed E-state index contributed by atoms with van der Waals surface area (Å²) < 4.78 is 33.1. The number of ether oxygens (including phenoxy) is 2. The monoisotopic (exact) mass is 972 g/mol. The lowest BCUT2D eigenvalue weighted by atomic mass is 10.0. The van der Waals surface area contributed by atoms with Crippen molar-refractivity contribution in [2.45, 2.75) is 328 Å². The van der Waals surface area contributed by atoms with Crippen molar-refractivity contribution in [1.29, 1.82) is 0 Å². The lowest BCUT2D eigenvalue weighted by molar-refractivity contribution is -0.161. The Labute approximate surface area is 416 Å². The zero-order valence-corrected chi connectivity index (χ0v) is 45.6. The van der Waals surface area contributed by atoms with Gasteiger partial charge in [-0.25, -0.2) is 4.57 Å². The number of phosphoric ester groups is 1.